The van der Waals surface area contributed by atoms with E-state index in [0.717, 1.165) is 16.9 Å². The zero-order valence-corrected chi connectivity index (χ0v) is 15.8. The van der Waals surface area contributed by atoms with Crippen LogP contribution in [0, 0.1) is 11.3 Å². The van der Waals surface area contributed by atoms with Crippen molar-refractivity contribution >= 4 is 6.03 Å². The van der Waals surface area contributed by atoms with E-state index >= 15 is 0 Å². The van der Waals surface area contributed by atoms with E-state index in [1.165, 1.54) is 0 Å². The van der Waals surface area contributed by atoms with Crippen LogP contribution in [0.5, 0.6) is 5.75 Å². The number of methoxy groups -OCH3 is 1. The van der Waals surface area contributed by atoms with Crippen LogP contribution in [0.2, 0.25) is 0 Å². The summed E-state index contributed by atoms with van der Waals surface area (Å²) in [6.45, 7) is 3.11. The van der Waals surface area contributed by atoms with Crippen molar-refractivity contribution in [2.45, 2.75) is 31.2 Å². The van der Waals surface area contributed by atoms with Gasteiger partial charge >= 0.3 is 6.03 Å². The summed E-state index contributed by atoms with van der Waals surface area (Å²) in [5.74, 6) is 0.794. The Balaban J connectivity index is 1.60. The molecule has 3 rings (SSSR count). The summed E-state index contributed by atoms with van der Waals surface area (Å²) in [7, 11) is 1.63. The second-order valence-corrected chi connectivity index (χ2v) is 6.99. The highest BCUT2D eigenvalue weighted by Gasteiger charge is 2.37. The highest BCUT2D eigenvalue weighted by Crippen LogP contribution is 2.35. The quantitative estimate of drug-likeness (QED) is 0.892. The smallest absolute Gasteiger partial charge is 0.317 e. The Hall–Kier alpha value is -3.00. The van der Waals surface area contributed by atoms with Gasteiger partial charge in [-0.15, -0.1) is 0 Å². The molecule has 5 nitrogen and oxygen atoms in total. The first-order chi connectivity index (χ1) is 13.1. The van der Waals surface area contributed by atoms with Gasteiger partial charge in [-0.3, -0.25) is 0 Å². The van der Waals surface area contributed by atoms with E-state index in [9.17, 15) is 10.1 Å². The topological polar surface area (TPSA) is 65.4 Å². The van der Waals surface area contributed by atoms with E-state index in [0.29, 0.717) is 25.9 Å². The molecule has 140 valence electrons. The van der Waals surface area contributed by atoms with Crippen LogP contribution in [0.4, 0.5) is 4.79 Å². The average molecular weight is 363 g/mol. The van der Waals surface area contributed by atoms with Gasteiger partial charge in [0.05, 0.1) is 24.6 Å². The van der Waals surface area contributed by atoms with E-state index in [1.807, 2.05) is 61.5 Å². The number of nitriles is 1. The Kier molecular flexibility index (Phi) is 5.66. The van der Waals surface area contributed by atoms with Crippen LogP contribution < -0.4 is 10.1 Å². The Bertz CT molecular complexity index is 804. The maximum absolute atomic E-state index is 12.6. The molecule has 0 saturated carbocycles. The van der Waals surface area contributed by atoms with E-state index < -0.39 is 5.41 Å². The number of amides is 2. The zero-order chi connectivity index (χ0) is 19.3. The minimum absolute atomic E-state index is 0.0853. The molecule has 0 aliphatic carbocycles. The summed E-state index contributed by atoms with van der Waals surface area (Å²) in [6, 6.07) is 19.9. The van der Waals surface area contributed by atoms with E-state index in [2.05, 4.69) is 11.4 Å². The number of hydrogen-bond acceptors (Lipinski definition) is 3. The lowest BCUT2D eigenvalue weighted by molar-refractivity contribution is 0.168. The van der Waals surface area contributed by atoms with Gasteiger partial charge in [0.25, 0.3) is 0 Å². The van der Waals surface area contributed by atoms with E-state index in [4.69, 9.17) is 4.74 Å². The van der Waals surface area contributed by atoms with Crippen LogP contribution in [0.3, 0.4) is 0 Å². The summed E-state index contributed by atoms with van der Waals surface area (Å²) >= 11 is 0. The van der Waals surface area contributed by atoms with Gasteiger partial charge in [0.1, 0.15) is 5.75 Å². The van der Waals surface area contributed by atoms with Crippen molar-refractivity contribution in [3.05, 3.63) is 65.7 Å². The number of urea groups is 1. The molecule has 2 aromatic rings. The van der Waals surface area contributed by atoms with Gasteiger partial charge in [-0.1, -0.05) is 42.5 Å². The van der Waals surface area contributed by atoms with Crippen molar-refractivity contribution in [2.24, 2.45) is 0 Å². The summed E-state index contributed by atoms with van der Waals surface area (Å²) in [5, 5.41) is 12.8. The lowest BCUT2D eigenvalue weighted by Gasteiger charge is -2.38. The standard InChI is InChI=1S/C22H25N3O2/c1-17(18-8-10-20(27-2)11-9-18)24-21(26)25-14-12-22(16-23,13-15-25)19-6-4-3-5-7-19/h3-11,17H,12-15H2,1-2H3,(H,24,26). The second kappa shape index (κ2) is 8.13. The lowest BCUT2D eigenvalue weighted by atomic mass is 9.74. The predicted molar refractivity (Wildman–Crippen MR) is 104 cm³/mol. The monoisotopic (exact) mass is 363 g/mol. The van der Waals surface area contributed by atoms with Crippen molar-refractivity contribution < 1.29 is 9.53 Å². The maximum atomic E-state index is 12.6. The van der Waals surface area contributed by atoms with Crippen LogP contribution in [0.1, 0.15) is 36.9 Å². The van der Waals surface area contributed by atoms with Crippen LogP contribution in [0.15, 0.2) is 54.6 Å². The molecule has 1 aliphatic rings. The molecular weight excluding hydrogens is 338 g/mol. The van der Waals surface area contributed by atoms with Crippen LogP contribution >= 0.6 is 0 Å². The molecule has 1 fully saturated rings. The van der Waals surface area contributed by atoms with E-state index in [-0.39, 0.29) is 12.1 Å². The third kappa shape index (κ3) is 4.06. The molecule has 1 atom stereocenters. The van der Waals surface area contributed by atoms with Crippen LogP contribution in [-0.4, -0.2) is 31.1 Å². The van der Waals surface area contributed by atoms with Crippen LogP contribution in [0.25, 0.3) is 0 Å². The first-order valence-electron chi connectivity index (χ1n) is 9.24. The summed E-state index contributed by atoms with van der Waals surface area (Å²) < 4.78 is 5.17. The Morgan fingerprint density at radius 1 is 1.15 bits per heavy atom. The van der Waals surface area contributed by atoms with Gasteiger partial charge < -0.3 is 15.0 Å². The molecule has 27 heavy (non-hydrogen) atoms. The van der Waals surface area contributed by atoms with Gasteiger partial charge in [-0.2, -0.15) is 5.26 Å². The predicted octanol–water partition coefficient (Wildman–Crippen LogP) is 4.02. The SMILES string of the molecule is COc1ccc(C(C)NC(=O)N2CCC(C#N)(c3ccccc3)CC2)cc1. The third-order valence-electron chi connectivity index (χ3n) is 5.40. The Morgan fingerprint density at radius 3 is 2.33 bits per heavy atom. The number of rotatable bonds is 4. The third-order valence-corrected chi connectivity index (χ3v) is 5.40. The number of ether oxygens (including phenoxy) is 1. The molecule has 1 heterocycles. The number of nitrogens with zero attached hydrogens (tertiary/aromatic N) is 2. The highest BCUT2D eigenvalue weighted by atomic mass is 16.5. The molecule has 0 aromatic heterocycles. The Labute approximate surface area is 160 Å². The molecule has 1 unspecified atom stereocenters. The first kappa shape index (κ1) is 18.8. The van der Waals surface area contributed by atoms with Crippen molar-refractivity contribution in [3.8, 4) is 11.8 Å². The number of piperidine rings is 1. The fourth-order valence-electron chi connectivity index (χ4n) is 3.57. The molecule has 1 aliphatic heterocycles. The minimum atomic E-state index is -0.500. The van der Waals surface area contributed by atoms with E-state index in [1.54, 1.807) is 12.0 Å². The number of hydrogen-bond donors (Lipinski definition) is 1. The van der Waals surface area contributed by atoms with Gasteiger partial charge in [0.15, 0.2) is 0 Å². The largest absolute Gasteiger partial charge is 0.497 e. The number of carbonyl (C=O) groups excluding carboxylic acids is 1. The van der Waals surface area contributed by atoms with Gasteiger partial charge in [0.2, 0.25) is 0 Å². The molecule has 0 bridgehead atoms. The molecule has 1 N–H and O–H groups in total. The number of benzene rings is 2. The maximum Gasteiger partial charge on any atom is 0.317 e. The zero-order valence-electron chi connectivity index (χ0n) is 15.8. The van der Waals surface area contributed by atoms with Crippen molar-refractivity contribution in [3.63, 3.8) is 0 Å². The second-order valence-electron chi connectivity index (χ2n) is 6.99. The molecular formula is C22H25N3O2. The van der Waals surface area contributed by atoms with Gasteiger partial charge in [-0.05, 0) is 43.0 Å². The molecule has 2 amide bonds. The van der Waals surface area contributed by atoms with Gasteiger partial charge in [0, 0.05) is 13.1 Å². The Morgan fingerprint density at radius 2 is 1.78 bits per heavy atom. The highest BCUT2D eigenvalue weighted by molar-refractivity contribution is 5.75. The summed E-state index contributed by atoms with van der Waals surface area (Å²) in [5.41, 5.74) is 1.57. The molecule has 0 radical (unpaired) electrons. The normalized spacial score (nSPS) is 16.9. The fraction of sp³-hybridized carbons (Fsp3) is 0.364. The van der Waals surface area contributed by atoms with Crippen LogP contribution in [-0.2, 0) is 5.41 Å². The summed E-state index contributed by atoms with van der Waals surface area (Å²) in [6.07, 6.45) is 1.30. The molecule has 2 aromatic carbocycles. The van der Waals surface area contributed by atoms with Gasteiger partial charge in [-0.25, -0.2) is 4.79 Å². The summed E-state index contributed by atoms with van der Waals surface area (Å²) in [4.78, 5) is 14.5. The van der Waals surface area contributed by atoms with Crippen molar-refractivity contribution in [1.82, 2.24) is 10.2 Å². The fourth-order valence-corrected chi connectivity index (χ4v) is 3.57. The average Bonchev–Trinajstić information content (AvgIpc) is 2.74. The number of likely N-dealkylation sites (tertiary alicyclic amines) is 1. The lowest BCUT2D eigenvalue weighted by Crippen LogP contribution is -2.48. The number of carbonyl (C=O) groups is 1. The first-order valence-corrected chi connectivity index (χ1v) is 9.24. The number of nitrogens with one attached hydrogen (secondary N) is 1. The van der Waals surface area contributed by atoms with Crippen molar-refractivity contribution in [2.75, 3.05) is 20.2 Å². The molecule has 5 heteroatoms. The molecule has 1 saturated heterocycles. The van der Waals surface area contributed by atoms with Crippen molar-refractivity contribution in [1.29, 1.82) is 5.26 Å². The molecule has 0 spiro atoms. The minimum Gasteiger partial charge on any atom is -0.497 e.